The predicted octanol–water partition coefficient (Wildman–Crippen LogP) is 8.56. The van der Waals surface area contributed by atoms with E-state index in [1.165, 1.54) is 89.5 Å². The lowest BCUT2D eigenvalue weighted by Gasteiger charge is -2.28. The normalized spacial score (nSPS) is 15.2. The van der Waals surface area contributed by atoms with Gasteiger partial charge in [-0.15, -0.1) is 0 Å². The van der Waals surface area contributed by atoms with Gasteiger partial charge in [0.15, 0.2) is 0 Å². The van der Waals surface area contributed by atoms with E-state index in [1.54, 1.807) is 6.07 Å². The summed E-state index contributed by atoms with van der Waals surface area (Å²) in [6.07, 6.45) is 19.6. The molecular weight excluding hydrogens is 468 g/mol. The first kappa shape index (κ1) is 28.5. The smallest absolute Gasteiger partial charge is 0.296 e. The summed E-state index contributed by atoms with van der Waals surface area (Å²) in [6, 6.07) is 15.2. The number of anilines is 2. The van der Waals surface area contributed by atoms with E-state index >= 15 is 0 Å². The molecule has 2 N–H and O–H groups in total. The van der Waals surface area contributed by atoms with E-state index in [9.17, 15) is 13.0 Å². The molecular formula is C30H46N2O3S. The maximum atomic E-state index is 12.1. The first-order valence-corrected chi connectivity index (χ1v) is 15.6. The fourth-order valence-corrected chi connectivity index (χ4v) is 6.01. The summed E-state index contributed by atoms with van der Waals surface area (Å²) in [4.78, 5) is 2.09. The van der Waals surface area contributed by atoms with Gasteiger partial charge in [-0.25, -0.2) is 0 Å². The maximum absolute atomic E-state index is 12.1. The van der Waals surface area contributed by atoms with Gasteiger partial charge in [-0.1, -0.05) is 127 Å². The number of hydrogen-bond acceptors (Lipinski definition) is 4. The third-order valence-electron chi connectivity index (χ3n) is 7.29. The van der Waals surface area contributed by atoms with Crippen molar-refractivity contribution in [3.8, 4) is 0 Å². The van der Waals surface area contributed by atoms with Crippen molar-refractivity contribution in [3.05, 3.63) is 54.1 Å². The van der Waals surface area contributed by atoms with Crippen LogP contribution >= 0.6 is 0 Å². The molecule has 0 fully saturated rings. The Kier molecular flexibility index (Phi) is 12.1. The Morgan fingerprint density at radius 3 is 1.86 bits per heavy atom. The van der Waals surface area contributed by atoms with Gasteiger partial charge in [-0.2, -0.15) is 8.42 Å². The molecule has 0 saturated heterocycles. The molecule has 2 aromatic carbocycles. The molecule has 1 aliphatic rings. The van der Waals surface area contributed by atoms with Gasteiger partial charge < -0.3 is 10.2 Å². The molecule has 1 heterocycles. The Morgan fingerprint density at radius 1 is 0.750 bits per heavy atom. The highest BCUT2D eigenvalue weighted by molar-refractivity contribution is 7.86. The van der Waals surface area contributed by atoms with Gasteiger partial charge in [0, 0.05) is 6.54 Å². The highest BCUT2D eigenvalue weighted by Gasteiger charge is 2.33. The molecule has 0 aliphatic carbocycles. The molecule has 0 saturated carbocycles. The van der Waals surface area contributed by atoms with Gasteiger partial charge >= 0.3 is 0 Å². The number of rotatable bonds is 18. The van der Waals surface area contributed by atoms with Crippen LogP contribution in [0.25, 0.3) is 0 Å². The van der Waals surface area contributed by atoms with Crippen LogP contribution in [0.5, 0.6) is 0 Å². The summed E-state index contributed by atoms with van der Waals surface area (Å²) < 4.78 is 34.0. The number of unbranched alkanes of at least 4 members (excludes halogenated alkanes) is 13. The molecule has 5 nitrogen and oxygen atoms in total. The third kappa shape index (κ3) is 9.11. The van der Waals surface area contributed by atoms with Crippen molar-refractivity contribution in [2.24, 2.45) is 0 Å². The number of para-hydroxylation sites is 1. The molecule has 1 unspecified atom stereocenters. The zero-order valence-corrected chi connectivity index (χ0v) is 22.9. The van der Waals surface area contributed by atoms with Crippen LogP contribution in [0, 0.1) is 0 Å². The van der Waals surface area contributed by atoms with Gasteiger partial charge in [0.05, 0.1) is 17.5 Å². The van der Waals surface area contributed by atoms with Gasteiger partial charge in [0.25, 0.3) is 10.1 Å². The van der Waals surface area contributed by atoms with Crippen LogP contribution in [-0.2, 0) is 16.7 Å². The lowest BCUT2D eigenvalue weighted by Crippen LogP contribution is -2.35. The molecule has 0 amide bonds. The van der Waals surface area contributed by atoms with Crippen LogP contribution in [0.15, 0.2) is 53.4 Å². The van der Waals surface area contributed by atoms with Gasteiger partial charge in [-0.05, 0) is 30.5 Å². The van der Waals surface area contributed by atoms with Crippen LogP contribution in [0.2, 0.25) is 0 Å². The average Bonchev–Trinajstić information content (AvgIpc) is 3.21. The minimum atomic E-state index is -4.31. The molecule has 2 aromatic rings. The minimum Gasteiger partial charge on any atom is -0.363 e. The van der Waals surface area contributed by atoms with Gasteiger partial charge in [-0.3, -0.25) is 4.55 Å². The molecule has 0 spiro atoms. The van der Waals surface area contributed by atoms with Crippen molar-refractivity contribution in [1.29, 1.82) is 0 Å². The predicted molar refractivity (Wildman–Crippen MR) is 151 cm³/mol. The van der Waals surface area contributed by atoms with Crippen molar-refractivity contribution in [2.45, 2.75) is 121 Å². The maximum Gasteiger partial charge on any atom is 0.296 e. The van der Waals surface area contributed by atoms with Crippen LogP contribution in [0.3, 0.4) is 0 Å². The molecule has 1 aliphatic heterocycles. The fraction of sp³-hybridized carbons (Fsp3) is 0.600. The van der Waals surface area contributed by atoms with E-state index in [1.807, 2.05) is 24.3 Å². The second-order valence-corrected chi connectivity index (χ2v) is 11.7. The Labute approximate surface area is 219 Å². The third-order valence-corrected chi connectivity index (χ3v) is 8.17. The summed E-state index contributed by atoms with van der Waals surface area (Å²) in [5, 5.41) is 3.51. The van der Waals surface area contributed by atoms with Gasteiger partial charge in [0.1, 0.15) is 4.90 Å². The number of fused-ring (bicyclic) bond motifs is 1. The van der Waals surface area contributed by atoms with Crippen LogP contribution in [0.1, 0.15) is 109 Å². The van der Waals surface area contributed by atoms with Crippen molar-refractivity contribution < 1.29 is 13.0 Å². The van der Waals surface area contributed by atoms with E-state index in [2.05, 4.69) is 29.3 Å². The van der Waals surface area contributed by atoms with Crippen LogP contribution in [0.4, 0.5) is 11.4 Å². The highest BCUT2D eigenvalue weighted by atomic mass is 32.2. The van der Waals surface area contributed by atoms with Crippen LogP contribution < -0.4 is 10.2 Å². The first-order valence-electron chi connectivity index (χ1n) is 14.2. The van der Waals surface area contributed by atoms with Crippen molar-refractivity contribution >= 4 is 21.5 Å². The summed E-state index contributed by atoms with van der Waals surface area (Å²) >= 11 is 0. The largest absolute Gasteiger partial charge is 0.363 e. The Morgan fingerprint density at radius 2 is 1.31 bits per heavy atom. The molecule has 6 heteroatoms. The summed E-state index contributed by atoms with van der Waals surface area (Å²) in [5.74, 6) is 0. The van der Waals surface area contributed by atoms with Crippen molar-refractivity contribution in [1.82, 2.24) is 0 Å². The van der Waals surface area contributed by atoms with E-state index < -0.39 is 10.1 Å². The standard InChI is InChI=1S/C30H46N2O3S/c1-2-3-4-5-6-7-8-9-10-11-12-13-14-18-24-29-31-27-22-19-23-28(36(33,34)35)30(27)32(29)25-26-20-16-15-17-21-26/h15-17,19-23,29,31H,2-14,18,24-25H2,1H3,(H,33,34,35). The molecule has 0 radical (unpaired) electrons. The lowest BCUT2D eigenvalue weighted by molar-refractivity contribution is 0.482. The quantitative estimate of drug-likeness (QED) is 0.154. The summed E-state index contributed by atoms with van der Waals surface area (Å²) in [5.41, 5.74) is 2.47. The number of benzene rings is 2. The topological polar surface area (TPSA) is 69.6 Å². The Balaban J connectivity index is 1.41. The molecule has 3 rings (SSSR count). The van der Waals surface area contributed by atoms with Crippen LogP contribution in [-0.4, -0.2) is 19.1 Å². The van der Waals surface area contributed by atoms with E-state index in [0.717, 1.165) is 24.1 Å². The number of nitrogens with zero attached hydrogens (tertiary/aromatic N) is 1. The molecule has 36 heavy (non-hydrogen) atoms. The Hall–Kier alpha value is -2.05. The molecule has 200 valence electrons. The first-order chi connectivity index (χ1) is 17.5. The summed E-state index contributed by atoms with van der Waals surface area (Å²) in [6.45, 7) is 2.87. The van der Waals surface area contributed by atoms with Crippen molar-refractivity contribution in [2.75, 3.05) is 10.2 Å². The molecule has 0 aromatic heterocycles. The second-order valence-electron chi connectivity index (χ2n) is 10.3. The van der Waals surface area contributed by atoms with Crippen molar-refractivity contribution in [3.63, 3.8) is 0 Å². The molecule has 0 bridgehead atoms. The number of nitrogens with one attached hydrogen (secondary N) is 1. The zero-order chi connectivity index (χ0) is 25.6. The Bertz CT molecular complexity index is 995. The van der Waals surface area contributed by atoms with Gasteiger partial charge in [0.2, 0.25) is 0 Å². The zero-order valence-electron chi connectivity index (χ0n) is 22.1. The fourth-order valence-electron chi connectivity index (χ4n) is 5.29. The van der Waals surface area contributed by atoms with E-state index in [-0.39, 0.29) is 11.1 Å². The SMILES string of the molecule is CCCCCCCCCCCCCCCCC1Nc2cccc(S(=O)(=O)O)c2N1Cc1ccccc1. The second kappa shape index (κ2) is 15.3. The molecule has 1 atom stereocenters. The lowest BCUT2D eigenvalue weighted by atomic mass is 10.0. The van der Waals surface area contributed by atoms with E-state index in [0.29, 0.717) is 12.2 Å². The monoisotopic (exact) mass is 514 g/mol. The average molecular weight is 515 g/mol. The number of hydrogen-bond donors (Lipinski definition) is 2. The summed E-state index contributed by atoms with van der Waals surface area (Å²) in [7, 11) is -4.31. The highest BCUT2D eigenvalue weighted by Crippen LogP contribution is 2.42. The minimum absolute atomic E-state index is 0.0143. The van der Waals surface area contributed by atoms with E-state index in [4.69, 9.17) is 0 Å².